The fourth-order valence-corrected chi connectivity index (χ4v) is 1.26. The molecule has 0 saturated heterocycles. The molecule has 0 aliphatic carbocycles. The molecule has 0 aromatic carbocycles. The van der Waals surface area contributed by atoms with Crippen molar-refractivity contribution in [2.45, 2.75) is 19.9 Å². The van der Waals surface area contributed by atoms with E-state index in [-0.39, 0.29) is 18.3 Å². The van der Waals surface area contributed by atoms with E-state index in [1.54, 1.807) is 27.9 Å². The summed E-state index contributed by atoms with van der Waals surface area (Å²) in [5, 5.41) is 10.6. The topological polar surface area (TPSA) is 90.2 Å². The number of esters is 1. The van der Waals surface area contributed by atoms with Gasteiger partial charge in [0.25, 0.3) is 5.82 Å². The SMILES string of the molecule is CCOC(=O)c1nnnn1C(C)C(=O)N(C)C. The molecule has 94 valence electrons. The van der Waals surface area contributed by atoms with Crippen LogP contribution >= 0.6 is 0 Å². The normalized spacial score (nSPS) is 12.0. The van der Waals surface area contributed by atoms with Crippen molar-refractivity contribution in [3.8, 4) is 0 Å². The van der Waals surface area contributed by atoms with Gasteiger partial charge in [0.1, 0.15) is 6.04 Å². The molecule has 1 aromatic rings. The van der Waals surface area contributed by atoms with Crippen molar-refractivity contribution in [3.63, 3.8) is 0 Å². The fourth-order valence-electron chi connectivity index (χ4n) is 1.26. The molecule has 1 aromatic heterocycles. The van der Waals surface area contributed by atoms with Gasteiger partial charge in [0.15, 0.2) is 0 Å². The Bertz CT molecular complexity index is 415. The molecule has 0 aliphatic rings. The maximum absolute atomic E-state index is 11.7. The van der Waals surface area contributed by atoms with Crippen LogP contribution in [0.2, 0.25) is 0 Å². The van der Waals surface area contributed by atoms with E-state index in [1.807, 2.05) is 0 Å². The maximum Gasteiger partial charge on any atom is 0.378 e. The molecule has 8 nitrogen and oxygen atoms in total. The first-order chi connectivity index (χ1) is 7.99. The number of hydrogen-bond donors (Lipinski definition) is 0. The maximum atomic E-state index is 11.7. The Labute approximate surface area is 98.5 Å². The molecule has 1 rings (SSSR count). The molecule has 17 heavy (non-hydrogen) atoms. The molecule has 8 heteroatoms. The van der Waals surface area contributed by atoms with E-state index in [0.29, 0.717) is 0 Å². The minimum Gasteiger partial charge on any atom is -0.460 e. The lowest BCUT2D eigenvalue weighted by molar-refractivity contribution is -0.132. The van der Waals surface area contributed by atoms with E-state index in [2.05, 4.69) is 15.5 Å². The average molecular weight is 241 g/mol. The van der Waals surface area contributed by atoms with Crippen LogP contribution in [0.1, 0.15) is 30.5 Å². The highest BCUT2D eigenvalue weighted by molar-refractivity contribution is 5.86. The Balaban J connectivity index is 2.95. The summed E-state index contributed by atoms with van der Waals surface area (Å²) in [5.41, 5.74) is 0. The molecule has 0 saturated carbocycles. The summed E-state index contributed by atoms with van der Waals surface area (Å²) in [6, 6.07) is -0.653. The summed E-state index contributed by atoms with van der Waals surface area (Å²) in [4.78, 5) is 24.6. The summed E-state index contributed by atoms with van der Waals surface area (Å²) in [6.07, 6.45) is 0. The smallest absolute Gasteiger partial charge is 0.378 e. The Hall–Kier alpha value is -1.99. The number of nitrogens with zero attached hydrogens (tertiary/aromatic N) is 5. The number of rotatable bonds is 4. The molecule has 1 amide bonds. The second-order valence-corrected chi connectivity index (χ2v) is 3.58. The van der Waals surface area contributed by atoms with Gasteiger partial charge in [-0.25, -0.2) is 9.48 Å². The third kappa shape index (κ3) is 2.77. The zero-order valence-corrected chi connectivity index (χ0v) is 10.2. The predicted octanol–water partition coefficient (Wildman–Crippen LogP) is -0.501. The minimum atomic E-state index is -0.653. The second kappa shape index (κ2) is 5.37. The molecular formula is C9H15N5O3. The Kier molecular flexibility index (Phi) is 4.13. The first-order valence-electron chi connectivity index (χ1n) is 5.15. The number of aromatic nitrogens is 4. The summed E-state index contributed by atoms with van der Waals surface area (Å²) < 4.78 is 5.94. The van der Waals surface area contributed by atoms with Crippen molar-refractivity contribution in [1.82, 2.24) is 25.1 Å². The van der Waals surface area contributed by atoms with Crippen LogP contribution in [-0.2, 0) is 9.53 Å². The number of carbonyl (C=O) groups is 2. The van der Waals surface area contributed by atoms with E-state index < -0.39 is 12.0 Å². The van der Waals surface area contributed by atoms with Crippen molar-refractivity contribution in [1.29, 1.82) is 0 Å². The van der Waals surface area contributed by atoms with Crippen LogP contribution in [0.4, 0.5) is 0 Å². The summed E-state index contributed by atoms with van der Waals surface area (Å²) in [6.45, 7) is 3.52. The van der Waals surface area contributed by atoms with Gasteiger partial charge in [0.2, 0.25) is 5.91 Å². The van der Waals surface area contributed by atoms with Crippen LogP contribution in [0.15, 0.2) is 0 Å². The van der Waals surface area contributed by atoms with Crippen LogP contribution in [0, 0.1) is 0 Å². The number of ether oxygens (including phenoxy) is 1. The van der Waals surface area contributed by atoms with Gasteiger partial charge in [-0.2, -0.15) is 0 Å². The highest BCUT2D eigenvalue weighted by Crippen LogP contribution is 2.09. The first kappa shape index (κ1) is 13.1. The zero-order chi connectivity index (χ0) is 13.0. The molecule has 0 aliphatic heterocycles. The van der Waals surface area contributed by atoms with Crippen molar-refractivity contribution >= 4 is 11.9 Å². The van der Waals surface area contributed by atoms with Crippen LogP contribution in [-0.4, -0.2) is 57.7 Å². The number of amides is 1. The first-order valence-corrected chi connectivity index (χ1v) is 5.15. The van der Waals surface area contributed by atoms with Crippen LogP contribution in [0.5, 0.6) is 0 Å². The average Bonchev–Trinajstić information content (AvgIpc) is 2.76. The fraction of sp³-hybridized carbons (Fsp3) is 0.667. The monoisotopic (exact) mass is 241 g/mol. The van der Waals surface area contributed by atoms with Crippen LogP contribution < -0.4 is 0 Å². The summed E-state index contributed by atoms with van der Waals surface area (Å²) in [5.74, 6) is -0.923. The van der Waals surface area contributed by atoms with Crippen LogP contribution in [0.25, 0.3) is 0 Å². The summed E-state index contributed by atoms with van der Waals surface area (Å²) in [7, 11) is 3.24. The molecule has 0 radical (unpaired) electrons. The molecule has 0 N–H and O–H groups in total. The van der Waals surface area contributed by atoms with E-state index in [4.69, 9.17) is 4.74 Å². The standard InChI is InChI=1S/C9H15N5O3/c1-5-17-9(16)7-10-11-12-14(7)6(2)8(15)13(3)4/h6H,5H2,1-4H3. The molecule has 1 unspecified atom stereocenters. The van der Waals surface area contributed by atoms with E-state index in [0.717, 1.165) is 4.68 Å². The zero-order valence-electron chi connectivity index (χ0n) is 10.2. The molecule has 0 spiro atoms. The third-order valence-electron chi connectivity index (χ3n) is 2.12. The number of tetrazole rings is 1. The largest absolute Gasteiger partial charge is 0.460 e. The van der Waals surface area contributed by atoms with E-state index >= 15 is 0 Å². The number of carbonyl (C=O) groups excluding carboxylic acids is 2. The highest BCUT2D eigenvalue weighted by atomic mass is 16.5. The van der Waals surface area contributed by atoms with Gasteiger partial charge >= 0.3 is 5.97 Å². The van der Waals surface area contributed by atoms with Crippen LogP contribution in [0.3, 0.4) is 0 Å². The lowest BCUT2D eigenvalue weighted by Crippen LogP contribution is -2.32. The van der Waals surface area contributed by atoms with Gasteiger partial charge in [-0.05, 0) is 24.3 Å². The molecular weight excluding hydrogens is 226 g/mol. The lowest BCUT2D eigenvalue weighted by Gasteiger charge is -2.16. The third-order valence-corrected chi connectivity index (χ3v) is 2.12. The lowest BCUT2D eigenvalue weighted by atomic mass is 10.3. The quantitative estimate of drug-likeness (QED) is 0.660. The van der Waals surface area contributed by atoms with E-state index in [9.17, 15) is 9.59 Å². The van der Waals surface area contributed by atoms with Gasteiger partial charge in [0.05, 0.1) is 6.61 Å². The van der Waals surface area contributed by atoms with Crippen molar-refractivity contribution < 1.29 is 14.3 Å². The van der Waals surface area contributed by atoms with Gasteiger partial charge in [0, 0.05) is 14.1 Å². The van der Waals surface area contributed by atoms with Crippen molar-refractivity contribution in [2.24, 2.45) is 0 Å². The molecule has 0 bridgehead atoms. The molecule has 1 atom stereocenters. The Morgan fingerprint density at radius 1 is 1.47 bits per heavy atom. The van der Waals surface area contributed by atoms with Crippen molar-refractivity contribution in [2.75, 3.05) is 20.7 Å². The second-order valence-electron chi connectivity index (χ2n) is 3.58. The minimum absolute atomic E-state index is 0.0745. The van der Waals surface area contributed by atoms with Gasteiger partial charge < -0.3 is 9.64 Å². The number of likely N-dealkylation sites (N-methyl/N-ethyl adjacent to an activating group) is 1. The number of hydrogen-bond acceptors (Lipinski definition) is 6. The predicted molar refractivity (Wildman–Crippen MR) is 57.2 cm³/mol. The summed E-state index contributed by atoms with van der Waals surface area (Å²) >= 11 is 0. The van der Waals surface area contributed by atoms with Gasteiger partial charge in [-0.15, -0.1) is 5.10 Å². The highest BCUT2D eigenvalue weighted by Gasteiger charge is 2.25. The van der Waals surface area contributed by atoms with Gasteiger partial charge in [-0.1, -0.05) is 0 Å². The Morgan fingerprint density at radius 3 is 2.65 bits per heavy atom. The van der Waals surface area contributed by atoms with Crippen molar-refractivity contribution in [3.05, 3.63) is 5.82 Å². The van der Waals surface area contributed by atoms with E-state index in [1.165, 1.54) is 4.90 Å². The Morgan fingerprint density at radius 2 is 2.12 bits per heavy atom. The molecule has 1 heterocycles. The molecule has 0 fully saturated rings. The van der Waals surface area contributed by atoms with Gasteiger partial charge in [-0.3, -0.25) is 4.79 Å².